The zero-order valence-electron chi connectivity index (χ0n) is 11.2. The summed E-state index contributed by atoms with van der Waals surface area (Å²) in [7, 11) is 4.21. The van der Waals surface area contributed by atoms with Crippen molar-refractivity contribution in [2.45, 2.75) is 31.5 Å². The third kappa shape index (κ3) is 4.54. The molecule has 0 bridgehead atoms. The van der Waals surface area contributed by atoms with E-state index in [1.54, 1.807) is 0 Å². The monoisotopic (exact) mass is 242 g/mol. The Bertz CT molecular complexity index is 217. The van der Waals surface area contributed by atoms with Gasteiger partial charge < -0.3 is 14.4 Å². The molecule has 2 fully saturated rings. The van der Waals surface area contributed by atoms with Crippen LogP contribution in [0.4, 0.5) is 0 Å². The minimum Gasteiger partial charge on any atom is -0.377 e. The first-order chi connectivity index (χ1) is 8.24. The number of hydrogen-bond donors (Lipinski definition) is 0. The largest absolute Gasteiger partial charge is 0.377 e. The Balaban J connectivity index is 1.72. The minimum absolute atomic E-state index is 0.363. The lowest BCUT2D eigenvalue weighted by atomic mass is 10.1. The van der Waals surface area contributed by atoms with E-state index < -0.39 is 0 Å². The first-order valence-corrected chi connectivity index (χ1v) is 6.84. The van der Waals surface area contributed by atoms with E-state index in [-0.39, 0.29) is 0 Å². The molecule has 0 radical (unpaired) electrons. The summed E-state index contributed by atoms with van der Waals surface area (Å²) in [5.41, 5.74) is 0. The van der Waals surface area contributed by atoms with E-state index in [9.17, 15) is 0 Å². The molecule has 0 N–H and O–H groups in total. The van der Waals surface area contributed by atoms with Crippen molar-refractivity contribution in [1.82, 2.24) is 9.80 Å². The van der Waals surface area contributed by atoms with Gasteiger partial charge in [-0.25, -0.2) is 0 Å². The van der Waals surface area contributed by atoms with Crippen LogP contribution in [-0.2, 0) is 9.47 Å². The molecule has 0 aromatic carbocycles. The molecule has 4 nitrogen and oxygen atoms in total. The van der Waals surface area contributed by atoms with Crippen LogP contribution in [0.15, 0.2) is 0 Å². The fourth-order valence-corrected chi connectivity index (χ4v) is 2.70. The van der Waals surface area contributed by atoms with Gasteiger partial charge in [0.25, 0.3) is 0 Å². The summed E-state index contributed by atoms with van der Waals surface area (Å²) >= 11 is 0. The molecule has 2 saturated heterocycles. The van der Waals surface area contributed by atoms with Crippen LogP contribution in [-0.4, -0.2) is 75.5 Å². The third-order valence-corrected chi connectivity index (χ3v) is 3.53. The summed E-state index contributed by atoms with van der Waals surface area (Å²) in [5.74, 6) is 0. The smallest absolute Gasteiger partial charge is 0.0829 e. The molecule has 17 heavy (non-hydrogen) atoms. The average Bonchev–Trinajstić information content (AvgIpc) is 2.30. The molecule has 0 amide bonds. The van der Waals surface area contributed by atoms with Crippen LogP contribution in [0.1, 0.15) is 19.3 Å². The molecular formula is C13H26N2O2. The van der Waals surface area contributed by atoms with Gasteiger partial charge in [0.2, 0.25) is 0 Å². The molecule has 0 aromatic heterocycles. The summed E-state index contributed by atoms with van der Waals surface area (Å²) in [6.07, 6.45) is 4.62. The van der Waals surface area contributed by atoms with Gasteiger partial charge >= 0.3 is 0 Å². The van der Waals surface area contributed by atoms with Crippen molar-refractivity contribution in [1.29, 1.82) is 0 Å². The molecule has 0 unspecified atom stereocenters. The van der Waals surface area contributed by atoms with E-state index in [2.05, 4.69) is 23.9 Å². The van der Waals surface area contributed by atoms with Crippen molar-refractivity contribution in [2.24, 2.45) is 0 Å². The van der Waals surface area contributed by atoms with E-state index in [1.807, 2.05) is 0 Å². The molecule has 0 aliphatic carbocycles. The van der Waals surface area contributed by atoms with Gasteiger partial charge in [0.1, 0.15) is 0 Å². The number of ether oxygens (including phenoxy) is 2. The van der Waals surface area contributed by atoms with Crippen LogP contribution in [0, 0.1) is 0 Å². The molecule has 100 valence electrons. The second kappa shape index (κ2) is 6.69. The molecule has 0 aromatic rings. The Labute approximate surface area is 105 Å². The topological polar surface area (TPSA) is 24.9 Å². The first kappa shape index (κ1) is 13.3. The highest BCUT2D eigenvalue weighted by Gasteiger charge is 2.24. The molecule has 2 aliphatic rings. The molecule has 2 heterocycles. The summed E-state index contributed by atoms with van der Waals surface area (Å²) in [4.78, 5) is 4.71. The maximum absolute atomic E-state index is 5.80. The minimum atomic E-state index is 0.363. The Morgan fingerprint density at radius 2 is 1.94 bits per heavy atom. The first-order valence-electron chi connectivity index (χ1n) is 6.84. The molecule has 2 atom stereocenters. The maximum atomic E-state index is 5.80. The zero-order chi connectivity index (χ0) is 12.1. The van der Waals surface area contributed by atoms with Crippen LogP contribution in [0.3, 0.4) is 0 Å². The number of rotatable bonds is 4. The third-order valence-electron chi connectivity index (χ3n) is 3.53. The average molecular weight is 242 g/mol. The number of nitrogens with zero attached hydrogens (tertiary/aromatic N) is 2. The van der Waals surface area contributed by atoms with Gasteiger partial charge in [-0.15, -0.1) is 0 Å². The quantitative estimate of drug-likeness (QED) is 0.728. The van der Waals surface area contributed by atoms with Crippen LogP contribution in [0.5, 0.6) is 0 Å². The van der Waals surface area contributed by atoms with Crippen LogP contribution < -0.4 is 0 Å². The van der Waals surface area contributed by atoms with Gasteiger partial charge in [-0.2, -0.15) is 0 Å². The molecule has 4 heteroatoms. The van der Waals surface area contributed by atoms with E-state index in [4.69, 9.17) is 9.47 Å². The number of hydrogen-bond acceptors (Lipinski definition) is 4. The fraction of sp³-hybridized carbons (Fsp3) is 1.00. The van der Waals surface area contributed by atoms with Gasteiger partial charge in [-0.05, 0) is 33.4 Å². The van der Waals surface area contributed by atoms with E-state index >= 15 is 0 Å². The number of likely N-dealkylation sites (N-methyl/N-ethyl adjacent to an activating group) is 1. The Kier molecular flexibility index (Phi) is 5.22. The fourth-order valence-electron chi connectivity index (χ4n) is 2.70. The van der Waals surface area contributed by atoms with Crippen molar-refractivity contribution < 1.29 is 9.47 Å². The van der Waals surface area contributed by atoms with Gasteiger partial charge in [0, 0.05) is 32.8 Å². The summed E-state index contributed by atoms with van der Waals surface area (Å²) in [6, 6.07) is 0. The summed E-state index contributed by atoms with van der Waals surface area (Å²) in [5, 5.41) is 0. The van der Waals surface area contributed by atoms with E-state index in [0.717, 1.165) is 39.4 Å². The lowest BCUT2D eigenvalue weighted by Gasteiger charge is -2.36. The van der Waals surface area contributed by atoms with Crippen LogP contribution in [0.25, 0.3) is 0 Å². The lowest BCUT2D eigenvalue weighted by Crippen LogP contribution is -2.49. The predicted octanol–water partition coefficient (Wildman–Crippen LogP) is 0.818. The predicted molar refractivity (Wildman–Crippen MR) is 68.3 cm³/mol. The van der Waals surface area contributed by atoms with Crippen molar-refractivity contribution in [3.63, 3.8) is 0 Å². The molecule has 2 rings (SSSR count). The second-order valence-electron chi connectivity index (χ2n) is 5.50. The Morgan fingerprint density at radius 1 is 1.12 bits per heavy atom. The highest BCUT2D eigenvalue weighted by atomic mass is 16.5. The van der Waals surface area contributed by atoms with E-state index in [0.29, 0.717) is 12.2 Å². The van der Waals surface area contributed by atoms with Crippen molar-refractivity contribution in [3.05, 3.63) is 0 Å². The number of morpholine rings is 1. The second-order valence-corrected chi connectivity index (χ2v) is 5.50. The molecule has 2 aliphatic heterocycles. The molecule has 0 saturated carbocycles. The maximum Gasteiger partial charge on any atom is 0.0829 e. The molecular weight excluding hydrogens is 216 g/mol. The normalized spacial score (nSPS) is 31.9. The Hall–Kier alpha value is -0.160. The summed E-state index contributed by atoms with van der Waals surface area (Å²) < 4.78 is 11.6. The van der Waals surface area contributed by atoms with Crippen molar-refractivity contribution in [2.75, 3.05) is 53.5 Å². The van der Waals surface area contributed by atoms with Gasteiger partial charge in [0.05, 0.1) is 18.8 Å². The van der Waals surface area contributed by atoms with Gasteiger partial charge in [-0.3, -0.25) is 4.90 Å². The SMILES string of the molecule is CN(C)C[C@@H]1CN(C[C@@H]2CCCCO2)CCO1. The lowest BCUT2D eigenvalue weighted by molar-refractivity contribution is -0.0650. The van der Waals surface area contributed by atoms with Crippen LogP contribution in [0.2, 0.25) is 0 Å². The van der Waals surface area contributed by atoms with E-state index in [1.165, 1.54) is 19.3 Å². The van der Waals surface area contributed by atoms with Crippen molar-refractivity contribution in [3.8, 4) is 0 Å². The standard InChI is InChI=1S/C13H26N2O2/c1-14(2)9-13-11-15(6-8-17-13)10-12-5-3-4-7-16-12/h12-13H,3-11H2,1-2H3/t12-,13+/m0/s1. The molecule has 0 spiro atoms. The Morgan fingerprint density at radius 3 is 2.65 bits per heavy atom. The van der Waals surface area contributed by atoms with Gasteiger partial charge in [-0.1, -0.05) is 0 Å². The van der Waals surface area contributed by atoms with Crippen LogP contribution >= 0.6 is 0 Å². The summed E-state index contributed by atoms with van der Waals surface area (Å²) in [6.45, 7) is 6.04. The van der Waals surface area contributed by atoms with Crippen molar-refractivity contribution >= 4 is 0 Å². The highest BCUT2D eigenvalue weighted by molar-refractivity contribution is 4.77. The highest BCUT2D eigenvalue weighted by Crippen LogP contribution is 2.15. The van der Waals surface area contributed by atoms with Gasteiger partial charge in [0.15, 0.2) is 0 Å². The zero-order valence-corrected chi connectivity index (χ0v) is 11.2.